The summed E-state index contributed by atoms with van der Waals surface area (Å²) in [5.74, 6) is 0.0851. The van der Waals surface area contributed by atoms with E-state index in [0.717, 1.165) is 22.1 Å². The van der Waals surface area contributed by atoms with E-state index in [1.807, 2.05) is 36.4 Å². The minimum atomic E-state index is -0.830. The summed E-state index contributed by atoms with van der Waals surface area (Å²) in [7, 11) is 1.61. The Morgan fingerprint density at radius 3 is 2.59 bits per heavy atom. The number of nitrogens with one attached hydrogen (secondary N) is 1. The molecule has 0 bridgehead atoms. The highest BCUT2D eigenvalue weighted by molar-refractivity contribution is 5.91. The van der Waals surface area contributed by atoms with Crippen LogP contribution in [0.25, 0.3) is 16.8 Å². The molecule has 5 heteroatoms. The third-order valence-electron chi connectivity index (χ3n) is 4.22. The highest BCUT2D eigenvalue weighted by atomic mass is 19.1. The van der Waals surface area contributed by atoms with Crippen LogP contribution in [0.15, 0.2) is 66.7 Å². The van der Waals surface area contributed by atoms with Crippen LogP contribution in [0.1, 0.15) is 17.2 Å². The van der Waals surface area contributed by atoms with Gasteiger partial charge in [0, 0.05) is 12.6 Å². The highest BCUT2D eigenvalue weighted by Crippen LogP contribution is 2.24. The van der Waals surface area contributed by atoms with Crippen molar-refractivity contribution in [3.05, 3.63) is 83.7 Å². The number of amides is 1. The maximum absolute atomic E-state index is 12.9. The molecule has 3 aromatic carbocycles. The van der Waals surface area contributed by atoms with E-state index in [4.69, 9.17) is 4.74 Å². The van der Waals surface area contributed by atoms with Crippen molar-refractivity contribution in [2.45, 2.75) is 6.10 Å². The number of hydrogen-bond acceptors (Lipinski definition) is 3. The fourth-order valence-electron chi connectivity index (χ4n) is 2.70. The van der Waals surface area contributed by atoms with E-state index in [1.165, 1.54) is 18.2 Å². The average Bonchev–Trinajstić information content (AvgIpc) is 2.70. The first-order chi connectivity index (χ1) is 13.0. The predicted octanol–water partition coefficient (Wildman–Crippen LogP) is 3.85. The second-order valence-electron chi connectivity index (χ2n) is 6.12. The minimum absolute atomic E-state index is 0.0854. The number of methoxy groups -OCH3 is 1. The molecular weight excluding hydrogens is 345 g/mol. The van der Waals surface area contributed by atoms with Crippen LogP contribution in [0.3, 0.4) is 0 Å². The normalized spacial score (nSPS) is 12.3. The Balaban J connectivity index is 1.61. The second kappa shape index (κ2) is 8.47. The number of rotatable bonds is 6. The van der Waals surface area contributed by atoms with Crippen molar-refractivity contribution in [3.8, 4) is 5.75 Å². The molecule has 1 unspecified atom stereocenters. The van der Waals surface area contributed by atoms with Gasteiger partial charge in [-0.25, -0.2) is 4.39 Å². The number of carbonyl (C=O) groups is 1. The number of carbonyl (C=O) groups excluding carboxylic acids is 1. The molecule has 1 atom stereocenters. The zero-order chi connectivity index (χ0) is 19.2. The second-order valence-corrected chi connectivity index (χ2v) is 6.12. The van der Waals surface area contributed by atoms with Crippen LogP contribution >= 0.6 is 0 Å². The van der Waals surface area contributed by atoms with Gasteiger partial charge < -0.3 is 15.2 Å². The summed E-state index contributed by atoms with van der Waals surface area (Å²) in [5.41, 5.74) is 1.43. The largest absolute Gasteiger partial charge is 0.497 e. The van der Waals surface area contributed by atoms with E-state index in [1.54, 1.807) is 25.3 Å². The van der Waals surface area contributed by atoms with Crippen LogP contribution in [-0.2, 0) is 4.79 Å². The van der Waals surface area contributed by atoms with Gasteiger partial charge in [-0.1, -0.05) is 30.3 Å². The summed E-state index contributed by atoms with van der Waals surface area (Å²) in [6.07, 6.45) is 2.11. The first-order valence-corrected chi connectivity index (χ1v) is 8.52. The molecule has 0 aliphatic carbocycles. The van der Waals surface area contributed by atoms with Crippen LogP contribution in [0.2, 0.25) is 0 Å². The standard InChI is InChI=1S/C22H20FNO3/c1-27-20-10-7-16-5-6-17(12-18(16)13-20)21(25)14-24-22(26)11-4-15-2-8-19(23)9-3-15/h2-13,21,25H,14H2,1H3,(H,24,26). The van der Waals surface area contributed by atoms with Crippen LogP contribution in [-0.4, -0.2) is 24.7 Å². The third kappa shape index (κ3) is 4.92. The van der Waals surface area contributed by atoms with Crippen molar-refractivity contribution in [2.24, 2.45) is 0 Å². The lowest BCUT2D eigenvalue weighted by Crippen LogP contribution is -2.26. The molecule has 0 radical (unpaired) electrons. The van der Waals surface area contributed by atoms with Gasteiger partial charge in [-0.05, 0) is 58.3 Å². The fourth-order valence-corrected chi connectivity index (χ4v) is 2.70. The van der Waals surface area contributed by atoms with E-state index in [9.17, 15) is 14.3 Å². The molecule has 0 heterocycles. The number of fused-ring (bicyclic) bond motifs is 1. The third-order valence-corrected chi connectivity index (χ3v) is 4.22. The first-order valence-electron chi connectivity index (χ1n) is 8.52. The highest BCUT2D eigenvalue weighted by Gasteiger charge is 2.09. The number of aliphatic hydroxyl groups excluding tert-OH is 1. The lowest BCUT2D eigenvalue weighted by molar-refractivity contribution is -0.116. The van der Waals surface area contributed by atoms with E-state index >= 15 is 0 Å². The zero-order valence-corrected chi connectivity index (χ0v) is 14.9. The van der Waals surface area contributed by atoms with Gasteiger partial charge in [-0.3, -0.25) is 4.79 Å². The molecule has 0 aliphatic heterocycles. The number of ether oxygens (including phenoxy) is 1. The summed E-state index contributed by atoms with van der Waals surface area (Å²) in [6.45, 7) is 0.0854. The lowest BCUT2D eigenvalue weighted by atomic mass is 10.0. The molecule has 0 aromatic heterocycles. The molecule has 3 rings (SSSR count). The maximum Gasteiger partial charge on any atom is 0.244 e. The summed E-state index contributed by atoms with van der Waals surface area (Å²) in [5, 5.41) is 15.0. The summed E-state index contributed by atoms with van der Waals surface area (Å²) in [4.78, 5) is 11.9. The predicted molar refractivity (Wildman–Crippen MR) is 104 cm³/mol. The van der Waals surface area contributed by atoms with Crippen LogP contribution in [0.4, 0.5) is 4.39 Å². The van der Waals surface area contributed by atoms with E-state index in [2.05, 4.69) is 5.32 Å². The summed E-state index contributed by atoms with van der Waals surface area (Å²) >= 11 is 0. The Labute approximate surface area is 156 Å². The van der Waals surface area contributed by atoms with Gasteiger partial charge in [0.1, 0.15) is 11.6 Å². The maximum atomic E-state index is 12.9. The number of halogens is 1. The summed E-state index contributed by atoms with van der Waals surface area (Å²) in [6, 6.07) is 17.2. The van der Waals surface area contributed by atoms with E-state index in [-0.39, 0.29) is 18.3 Å². The van der Waals surface area contributed by atoms with Crippen molar-refractivity contribution in [3.63, 3.8) is 0 Å². The van der Waals surface area contributed by atoms with Gasteiger partial charge in [0.05, 0.1) is 13.2 Å². The van der Waals surface area contributed by atoms with Crippen LogP contribution in [0, 0.1) is 5.82 Å². The molecule has 0 spiro atoms. The monoisotopic (exact) mass is 365 g/mol. The topological polar surface area (TPSA) is 58.6 Å². The van der Waals surface area contributed by atoms with Crippen molar-refractivity contribution in [2.75, 3.05) is 13.7 Å². The molecule has 0 fully saturated rings. The number of aliphatic hydroxyl groups is 1. The quantitative estimate of drug-likeness (QED) is 0.653. The molecule has 2 N–H and O–H groups in total. The smallest absolute Gasteiger partial charge is 0.244 e. The van der Waals surface area contributed by atoms with Crippen LogP contribution < -0.4 is 10.1 Å². The minimum Gasteiger partial charge on any atom is -0.497 e. The van der Waals surface area contributed by atoms with E-state index < -0.39 is 6.10 Å². The first kappa shape index (κ1) is 18.6. The molecule has 4 nitrogen and oxygen atoms in total. The summed E-state index contributed by atoms with van der Waals surface area (Å²) < 4.78 is 18.1. The Morgan fingerprint density at radius 2 is 1.85 bits per heavy atom. The van der Waals surface area contributed by atoms with Gasteiger partial charge in [0.15, 0.2) is 0 Å². The Morgan fingerprint density at radius 1 is 1.11 bits per heavy atom. The Bertz CT molecular complexity index is 967. The molecule has 27 heavy (non-hydrogen) atoms. The fraction of sp³-hybridized carbons (Fsp3) is 0.136. The van der Waals surface area contributed by atoms with Crippen molar-refractivity contribution >= 4 is 22.8 Å². The lowest BCUT2D eigenvalue weighted by Gasteiger charge is -2.13. The Hall–Kier alpha value is -3.18. The molecule has 0 saturated heterocycles. The van der Waals surface area contributed by atoms with Crippen molar-refractivity contribution in [1.29, 1.82) is 0 Å². The molecule has 3 aromatic rings. The molecular formula is C22H20FNO3. The van der Waals surface area contributed by atoms with Gasteiger partial charge >= 0.3 is 0 Å². The van der Waals surface area contributed by atoms with Crippen molar-refractivity contribution in [1.82, 2.24) is 5.32 Å². The van der Waals surface area contributed by atoms with Crippen LogP contribution in [0.5, 0.6) is 5.75 Å². The average molecular weight is 365 g/mol. The SMILES string of the molecule is COc1ccc2ccc(C(O)CNC(=O)C=Cc3ccc(F)cc3)cc2c1. The Kier molecular flexibility index (Phi) is 5.84. The molecule has 0 aliphatic rings. The van der Waals surface area contributed by atoms with Crippen molar-refractivity contribution < 1.29 is 19.0 Å². The molecule has 0 saturated carbocycles. The number of benzene rings is 3. The molecule has 1 amide bonds. The van der Waals surface area contributed by atoms with Gasteiger partial charge in [0.25, 0.3) is 0 Å². The molecule has 138 valence electrons. The van der Waals surface area contributed by atoms with Gasteiger partial charge in [-0.2, -0.15) is 0 Å². The zero-order valence-electron chi connectivity index (χ0n) is 14.9. The van der Waals surface area contributed by atoms with E-state index in [0.29, 0.717) is 5.56 Å². The van der Waals surface area contributed by atoms with Gasteiger partial charge in [-0.15, -0.1) is 0 Å². The number of hydrogen-bond donors (Lipinski definition) is 2. The van der Waals surface area contributed by atoms with Gasteiger partial charge in [0.2, 0.25) is 5.91 Å².